The Balaban J connectivity index is 1.86. The minimum absolute atomic E-state index is 0.0483. The van der Waals surface area contributed by atoms with E-state index in [4.69, 9.17) is 0 Å². The van der Waals surface area contributed by atoms with Crippen LogP contribution in [0, 0.1) is 5.92 Å². The zero-order valence-electron chi connectivity index (χ0n) is 18.3. The third-order valence-corrected chi connectivity index (χ3v) is 6.51. The molecule has 5 heteroatoms. The molecule has 0 spiro atoms. The molecule has 33 heavy (non-hydrogen) atoms. The number of carbonyl (C=O) groups excluding carboxylic acids is 2. The second-order valence-electron chi connectivity index (χ2n) is 8.53. The predicted octanol–water partition coefficient (Wildman–Crippen LogP) is 4.35. The van der Waals surface area contributed by atoms with Crippen molar-refractivity contribution < 1.29 is 19.5 Å². The van der Waals surface area contributed by atoms with E-state index in [-0.39, 0.29) is 12.2 Å². The smallest absolute Gasteiger partial charge is 0.326 e. The maximum Gasteiger partial charge on any atom is 0.326 e. The Morgan fingerprint density at radius 2 is 1.27 bits per heavy atom. The molecule has 0 saturated heterocycles. The lowest BCUT2D eigenvalue weighted by molar-refractivity contribution is -0.144. The van der Waals surface area contributed by atoms with Crippen LogP contribution in [0.4, 0.5) is 0 Å². The lowest BCUT2D eigenvalue weighted by atomic mass is 9.68. The summed E-state index contributed by atoms with van der Waals surface area (Å²) in [5.41, 5.74) is 0.965. The van der Waals surface area contributed by atoms with Gasteiger partial charge in [0.25, 0.3) is 0 Å². The summed E-state index contributed by atoms with van der Waals surface area (Å²) in [5, 5.41) is 12.9. The fraction of sp³-hybridized carbons (Fsp3) is 0.250. The number of carboxylic acid groups (broad SMARTS) is 1. The zero-order valence-corrected chi connectivity index (χ0v) is 18.3. The molecule has 0 aromatic heterocycles. The van der Waals surface area contributed by atoms with Gasteiger partial charge in [0.1, 0.15) is 17.2 Å². The zero-order chi connectivity index (χ0) is 23.3. The molecule has 0 heterocycles. The van der Waals surface area contributed by atoms with Crippen molar-refractivity contribution in [3.05, 3.63) is 108 Å². The highest BCUT2D eigenvalue weighted by Crippen LogP contribution is 2.40. The van der Waals surface area contributed by atoms with E-state index < -0.39 is 29.3 Å². The van der Waals surface area contributed by atoms with Crippen molar-refractivity contribution >= 4 is 17.7 Å². The molecule has 0 aliphatic heterocycles. The Morgan fingerprint density at radius 1 is 0.818 bits per heavy atom. The first kappa shape index (κ1) is 22.5. The lowest BCUT2D eigenvalue weighted by Gasteiger charge is -2.37. The van der Waals surface area contributed by atoms with E-state index in [1.54, 1.807) is 0 Å². The number of aliphatic carboxylic acids is 1. The van der Waals surface area contributed by atoms with Gasteiger partial charge >= 0.3 is 5.97 Å². The van der Waals surface area contributed by atoms with E-state index in [9.17, 15) is 19.5 Å². The van der Waals surface area contributed by atoms with E-state index in [2.05, 4.69) is 5.32 Å². The number of carbonyl (C=O) groups is 3. The van der Waals surface area contributed by atoms with E-state index in [0.29, 0.717) is 19.3 Å². The first-order chi connectivity index (χ1) is 16.0. The van der Waals surface area contributed by atoms with Crippen LogP contribution >= 0.6 is 0 Å². The second kappa shape index (κ2) is 9.82. The van der Waals surface area contributed by atoms with E-state index in [0.717, 1.165) is 16.7 Å². The molecule has 1 saturated carbocycles. The van der Waals surface area contributed by atoms with E-state index in [1.807, 2.05) is 91.0 Å². The van der Waals surface area contributed by atoms with Crippen LogP contribution in [0.3, 0.4) is 0 Å². The average Bonchev–Trinajstić information content (AvgIpc) is 2.85. The van der Waals surface area contributed by atoms with Crippen LogP contribution in [-0.2, 0) is 19.8 Å². The monoisotopic (exact) mass is 441 g/mol. The van der Waals surface area contributed by atoms with Gasteiger partial charge in [-0.1, -0.05) is 91.0 Å². The molecule has 5 nitrogen and oxygen atoms in total. The topological polar surface area (TPSA) is 83.5 Å². The number of Topliss-reactive ketones (excluding diaryl/α,β-unsaturated/α-hetero) is 1. The summed E-state index contributed by atoms with van der Waals surface area (Å²) in [7, 11) is 0. The van der Waals surface area contributed by atoms with Crippen molar-refractivity contribution in [3.63, 3.8) is 0 Å². The number of hydrogen-bond acceptors (Lipinski definition) is 3. The number of ketones is 1. The summed E-state index contributed by atoms with van der Waals surface area (Å²) in [4.78, 5) is 38.5. The third kappa shape index (κ3) is 4.44. The molecule has 3 aromatic carbocycles. The molecule has 0 radical (unpaired) electrons. The molecule has 1 fully saturated rings. The molecular weight excluding hydrogens is 414 g/mol. The van der Waals surface area contributed by atoms with Gasteiger partial charge in [0.15, 0.2) is 0 Å². The van der Waals surface area contributed by atoms with Gasteiger partial charge in [-0.2, -0.15) is 0 Å². The number of nitrogens with one attached hydrogen (secondary N) is 1. The molecule has 168 valence electrons. The van der Waals surface area contributed by atoms with Gasteiger partial charge in [0.05, 0.1) is 0 Å². The Morgan fingerprint density at radius 3 is 1.67 bits per heavy atom. The molecule has 1 amide bonds. The molecule has 2 atom stereocenters. The Labute approximate surface area is 193 Å². The summed E-state index contributed by atoms with van der Waals surface area (Å²) >= 11 is 0. The molecule has 4 rings (SSSR count). The highest BCUT2D eigenvalue weighted by Gasteiger charge is 2.46. The molecule has 3 aromatic rings. The van der Waals surface area contributed by atoms with Crippen molar-refractivity contribution in [2.24, 2.45) is 5.92 Å². The number of amides is 1. The van der Waals surface area contributed by atoms with Crippen LogP contribution < -0.4 is 5.32 Å². The van der Waals surface area contributed by atoms with Gasteiger partial charge in [-0.15, -0.1) is 0 Å². The largest absolute Gasteiger partial charge is 0.480 e. The van der Waals surface area contributed by atoms with E-state index in [1.165, 1.54) is 0 Å². The molecule has 2 N–H and O–H groups in total. The van der Waals surface area contributed by atoms with Crippen LogP contribution in [0.15, 0.2) is 91.0 Å². The number of carboxylic acids is 1. The molecule has 0 bridgehead atoms. The highest BCUT2D eigenvalue weighted by molar-refractivity contribution is 5.98. The summed E-state index contributed by atoms with van der Waals surface area (Å²) in [6.07, 6.45) is 1.88. The van der Waals surface area contributed by atoms with Gasteiger partial charge < -0.3 is 10.4 Å². The van der Waals surface area contributed by atoms with Crippen molar-refractivity contribution in [3.8, 4) is 0 Å². The van der Waals surface area contributed by atoms with Crippen LogP contribution in [0.1, 0.15) is 42.4 Å². The van der Waals surface area contributed by atoms with Crippen molar-refractivity contribution in [1.29, 1.82) is 0 Å². The maximum absolute atomic E-state index is 14.2. The SMILES string of the molecule is O=C1CCC[C@H]([C@@H](NC(=O)C(c2ccccc2)(c2ccccc2)c2ccccc2)C(=O)O)C1. The number of rotatable bonds is 7. The normalized spacial score (nSPS) is 17.2. The Bertz CT molecular complexity index is 1020. The third-order valence-electron chi connectivity index (χ3n) is 6.51. The van der Waals surface area contributed by atoms with Gasteiger partial charge in [-0.05, 0) is 35.4 Å². The fourth-order valence-corrected chi connectivity index (χ4v) is 4.93. The lowest BCUT2D eigenvalue weighted by Crippen LogP contribution is -2.54. The fourth-order valence-electron chi connectivity index (χ4n) is 4.93. The summed E-state index contributed by atoms with van der Waals surface area (Å²) in [6, 6.07) is 27.1. The van der Waals surface area contributed by atoms with Crippen molar-refractivity contribution in [2.45, 2.75) is 37.1 Å². The van der Waals surface area contributed by atoms with Gasteiger partial charge in [0, 0.05) is 12.8 Å². The minimum Gasteiger partial charge on any atom is -0.480 e. The van der Waals surface area contributed by atoms with Crippen LogP contribution in [0.5, 0.6) is 0 Å². The van der Waals surface area contributed by atoms with Crippen molar-refractivity contribution in [2.75, 3.05) is 0 Å². The molecular formula is C28H27NO4. The number of benzene rings is 3. The van der Waals surface area contributed by atoms with Crippen LogP contribution in [0.25, 0.3) is 0 Å². The maximum atomic E-state index is 14.2. The van der Waals surface area contributed by atoms with E-state index >= 15 is 0 Å². The Hall–Kier alpha value is -3.73. The molecule has 1 aliphatic carbocycles. The first-order valence-electron chi connectivity index (χ1n) is 11.3. The first-order valence-corrected chi connectivity index (χ1v) is 11.3. The van der Waals surface area contributed by atoms with Gasteiger partial charge in [0.2, 0.25) is 5.91 Å². The van der Waals surface area contributed by atoms with Crippen molar-refractivity contribution in [1.82, 2.24) is 5.32 Å². The second-order valence-corrected chi connectivity index (χ2v) is 8.53. The Kier molecular flexibility index (Phi) is 6.68. The molecule has 0 unspecified atom stereocenters. The highest BCUT2D eigenvalue weighted by atomic mass is 16.4. The van der Waals surface area contributed by atoms with Crippen LogP contribution in [0.2, 0.25) is 0 Å². The summed E-state index contributed by atoms with van der Waals surface area (Å²) < 4.78 is 0. The quantitative estimate of drug-likeness (QED) is 0.534. The van der Waals surface area contributed by atoms with Gasteiger partial charge in [-0.25, -0.2) is 4.79 Å². The average molecular weight is 442 g/mol. The number of hydrogen-bond donors (Lipinski definition) is 2. The standard InChI is InChI=1S/C28H27NO4/c30-24-18-10-11-20(19-24)25(26(31)32)29-27(33)28(21-12-4-1-5-13-21,22-14-6-2-7-15-22)23-16-8-3-9-17-23/h1-9,12-17,20,25H,10-11,18-19H2,(H,29,33)(H,31,32)/t20-,25+/m0/s1. The summed E-state index contributed by atoms with van der Waals surface area (Å²) in [6.45, 7) is 0. The summed E-state index contributed by atoms with van der Waals surface area (Å²) in [5.74, 6) is -1.91. The van der Waals surface area contributed by atoms with Crippen LogP contribution in [-0.4, -0.2) is 28.8 Å². The predicted molar refractivity (Wildman–Crippen MR) is 126 cm³/mol. The minimum atomic E-state index is -1.25. The molecule has 1 aliphatic rings. The van der Waals surface area contributed by atoms with Gasteiger partial charge in [-0.3, -0.25) is 9.59 Å².